The molecule has 1 aromatic carbocycles. The van der Waals surface area contributed by atoms with E-state index in [0.717, 1.165) is 26.2 Å². The van der Waals surface area contributed by atoms with Crippen LogP contribution < -0.4 is 10.0 Å². The van der Waals surface area contributed by atoms with E-state index in [1.54, 1.807) is 30.7 Å². The smallest absolute Gasteiger partial charge is 0.262 e. The summed E-state index contributed by atoms with van der Waals surface area (Å²) in [6.07, 6.45) is 6.43. The standard InChI is InChI=1S/C24H15ClN6O3S2/c25-23-19-6-15(11-27-23)20-7-18-22(35-20)21(30-12-29-18)16-4-13(8-26-10-16)9-28-24(32)14-2-1-3-17(5-14)36(33,34)31-19/h1-8,10-12,31H,9H2,(H,28,32). The van der Waals surface area contributed by atoms with Gasteiger partial charge in [0.1, 0.15) is 6.33 Å². The Balaban J connectivity index is 1.57. The number of benzene rings is 1. The number of pyridine rings is 2. The molecule has 0 unspecified atom stereocenters. The fourth-order valence-corrected chi connectivity index (χ4v) is 6.28. The Morgan fingerprint density at radius 3 is 2.72 bits per heavy atom. The predicted molar refractivity (Wildman–Crippen MR) is 137 cm³/mol. The lowest BCUT2D eigenvalue weighted by Crippen LogP contribution is -2.23. The lowest BCUT2D eigenvalue weighted by Gasteiger charge is -2.12. The average Bonchev–Trinajstić information content (AvgIpc) is 3.33. The molecule has 1 aliphatic heterocycles. The number of anilines is 1. The Bertz CT molecular complexity index is 1790. The van der Waals surface area contributed by atoms with E-state index in [1.807, 2.05) is 12.1 Å². The van der Waals surface area contributed by atoms with Gasteiger partial charge in [-0.25, -0.2) is 23.4 Å². The van der Waals surface area contributed by atoms with E-state index in [2.05, 4.69) is 30.0 Å². The second kappa shape index (κ2) is 8.63. The normalized spacial score (nSPS) is 14.5. The maximum absolute atomic E-state index is 13.1. The van der Waals surface area contributed by atoms with E-state index >= 15 is 0 Å². The molecule has 36 heavy (non-hydrogen) atoms. The van der Waals surface area contributed by atoms with Crippen LogP contribution in [0.5, 0.6) is 0 Å². The summed E-state index contributed by atoms with van der Waals surface area (Å²) in [5.74, 6) is -0.424. The van der Waals surface area contributed by atoms with Gasteiger partial charge in [0.15, 0.2) is 5.15 Å². The molecule has 0 spiro atoms. The van der Waals surface area contributed by atoms with Crippen LogP contribution in [0.25, 0.3) is 31.9 Å². The van der Waals surface area contributed by atoms with Gasteiger partial charge in [-0.05, 0) is 42.0 Å². The molecule has 0 saturated heterocycles. The predicted octanol–water partition coefficient (Wildman–Crippen LogP) is 4.51. The van der Waals surface area contributed by atoms with E-state index in [9.17, 15) is 13.2 Å². The molecular formula is C24H15ClN6O3S2. The molecule has 0 radical (unpaired) electrons. The topological polar surface area (TPSA) is 127 Å². The van der Waals surface area contributed by atoms with Crippen molar-refractivity contribution < 1.29 is 13.2 Å². The van der Waals surface area contributed by atoms with Crippen molar-refractivity contribution in [3.8, 4) is 21.7 Å². The number of halogens is 1. The largest absolute Gasteiger partial charge is 0.348 e. The number of nitrogens with one attached hydrogen (secondary N) is 2. The molecule has 6 rings (SSSR count). The number of amides is 1. The number of fused-ring (bicyclic) bond motifs is 9. The van der Waals surface area contributed by atoms with Crippen molar-refractivity contribution in [1.82, 2.24) is 25.3 Å². The summed E-state index contributed by atoms with van der Waals surface area (Å²) in [4.78, 5) is 30.9. The maximum atomic E-state index is 13.1. The molecule has 178 valence electrons. The van der Waals surface area contributed by atoms with Gasteiger partial charge in [-0.15, -0.1) is 11.3 Å². The zero-order chi connectivity index (χ0) is 24.9. The van der Waals surface area contributed by atoms with E-state index in [4.69, 9.17) is 11.6 Å². The van der Waals surface area contributed by atoms with E-state index in [-0.39, 0.29) is 27.8 Å². The highest BCUT2D eigenvalue weighted by Gasteiger charge is 2.20. The first kappa shape index (κ1) is 22.5. The Morgan fingerprint density at radius 2 is 1.83 bits per heavy atom. The minimum Gasteiger partial charge on any atom is -0.348 e. The van der Waals surface area contributed by atoms with Crippen molar-refractivity contribution in [2.45, 2.75) is 11.4 Å². The van der Waals surface area contributed by atoms with Gasteiger partial charge in [0, 0.05) is 46.7 Å². The molecule has 12 heteroatoms. The fourth-order valence-electron chi connectivity index (χ4n) is 3.86. The number of carbonyl (C=O) groups is 1. The van der Waals surface area contributed by atoms with Crippen LogP contribution >= 0.6 is 22.9 Å². The molecule has 4 aromatic heterocycles. The number of hydrogen-bond acceptors (Lipinski definition) is 8. The van der Waals surface area contributed by atoms with Crippen LogP contribution in [0.3, 0.4) is 0 Å². The third kappa shape index (κ3) is 4.06. The van der Waals surface area contributed by atoms with Crippen LogP contribution in [0.1, 0.15) is 15.9 Å². The quantitative estimate of drug-likeness (QED) is 0.280. The summed E-state index contributed by atoms with van der Waals surface area (Å²) < 4.78 is 29.6. The molecule has 9 nitrogen and oxygen atoms in total. The number of thiophene rings is 1. The van der Waals surface area contributed by atoms with Crippen molar-refractivity contribution in [3.63, 3.8) is 0 Å². The van der Waals surface area contributed by atoms with Gasteiger partial charge in [0.05, 0.1) is 26.5 Å². The molecule has 8 bridgehead atoms. The lowest BCUT2D eigenvalue weighted by atomic mass is 10.1. The first-order valence-corrected chi connectivity index (χ1v) is 13.3. The van der Waals surface area contributed by atoms with Crippen molar-refractivity contribution in [1.29, 1.82) is 0 Å². The molecule has 1 aliphatic rings. The fraction of sp³-hybridized carbons (Fsp3) is 0.0417. The third-order valence-corrected chi connectivity index (χ3v) is 8.45. The van der Waals surface area contributed by atoms with Crippen LogP contribution in [-0.4, -0.2) is 34.3 Å². The summed E-state index contributed by atoms with van der Waals surface area (Å²) in [6.45, 7) is 0.199. The molecule has 0 saturated carbocycles. The lowest BCUT2D eigenvalue weighted by molar-refractivity contribution is 0.0950. The first-order valence-electron chi connectivity index (χ1n) is 10.6. The van der Waals surface area contributed by atoms with Crippen molar-refractivity contribution >= 4 is 54.8 Å². The number of rotatable bonds is 0. The number of nitrogens with zero attached hydrogens (tertiary/aromatic N) is 4. The van der Waals surface area contributed by atoms with Gasteiger partial charge in [0.25, 0.3) is 15.9 Å². The minimum atomic E-state index is -4.06. The maximum Gasteiger partial charge on any atom is 0.262 e. The molecule has 0 fully saturated rings. The molecular weight excluding hydrogens is 520 g/mol. The molecule has 0 aliphatic carbocycles. The number of aromatic nitrogens is 4. The molecule has 2 N–H and O–H groups in total. The Hall–Kier alpha value is -3.93. The van der Waals surface area contributed by atoms with Crippen molar-refractivity contribution in [3.05, 3.63) is 83.7 Å². The highest BCUT2D eigenvalue weighted by molar-refractivity contribution is 7.92. The Kier molecular flexibility index (Phi) is 5.40. The minimum absolute atomic E-state index is 0.00453. The van der Waals surface area contributed by atoms with Gasteiger partial charge < -0.3 is 5.32 Å². The summed E-state index contributed by atoms with van der Waals surface area (Å²) >= 11 is 7.69. The third-order valence-electron chi connectivity index (χ3n) is 5.61. The molecule has 0 atom stereocenters. The van der Waals surface area contributed by atoms with Crippen LogP contribution in [-0.2, 0) is 16.6 Å². The van der Waals surface area contributed by atoms with Crippen LogP contribution in [0.2, 0.25) is 5.15 Å². The van der Waals surface area contributed by atoms with E-state index in [0.29, 0.717) is 11.3 Å². The van der Waals surface area contributed by atoms with Gasteiger partial charge >= 0.3 is 0 Å². The summed E-state index contributed by atoms with van der Waals surface area (Å²) in [7, 11) is -4.06. The van der Waals surface area contributed by atoms with Gasteiger partial charge in [-0.1, -0.05) is 17.7 Å². The molecule has 5 heterocycles. The molecule has 1 amide bonds. The number of carbonyl (C=O) groups excluding carboxylic acids is 1. The van der Waals surface area contributed by atoms with Gasteiger partial charge in [0.2, 0.25) is 0 Å². The Labute approximate surface area is 214 Å². The Morgan fingerprint density at radius 1 is 0.944 bits per heavy atom. The van der Waals surface area contributed by atoms with Crippen molar-refractivity contribution in [2.24, 2.45) is 0 Å². The second-order valence-electron chi connectivity index (χ2n) is 8.01. The highest BCUT2D eigenvalue weighted by atomic mass is 35.5. The highest BCUT2D eigenvalue weighted by Crippen LogP contribution is 2.38. The van der Waals surface area contributed by atoms with Crippen LogP contribution in [0.4, 0.5) is 5.69 Å². The number of sulfonamides is 1. The zero-order valence-electron chi connectivity index (χ0n) is 18.3. The SMILES string of the molecule is O=C1NCc2cncc(c2)-c2ncnc3cc(sc23)-c2cnc(Cl)c(c2)NS(=O)(=O)c2cccc1c2. The van der Waals surface area contributed by atoms with Crippen LogP contribution in [0.15, 0.2) is 72.3 Å². The van der Waals surface area contributed by atoms with Gasteiger partial charge in [-0.2, -0.15) is 0 Å². The zero-order valence-corrected chi connectivity index (χ0v) is 20.7. The number of hydrogen-bond donors (Lipinski definition) is 2. The van der Waals surface area contributed by atoms with E-state index in [1.165, 1.54) is 35.9 Å². The summed E-state index contributed by atoms with van der Waals surface area (Å²) in [5.41, 5.74) is 3.95. The average molecular weight is 535 g/mol. The van der Waals surface area contributed by atoms with Crippen LogP contribution in [0, 0.1) is 0 Å². The monoisotopic (exact) mass is 534 g/mol. The second-order valence-corrected chi connectivity index (χ2v) is 11.1. The summed E-state index contributed by atoms with van der Waals surface area (Å²) in [5, 5.41) is 2.81. The van der Waals surface area contributed by atoms with E-state index < -0.39 is 15.9 Å². The van der Waals surface area contributed by atoms with Gasteiger partial charge in [-0.3, -0.25) is 14.5 Å². The first-order chi connectivity index (χ1) is 17.4. The summed E-state index contributed by atoms with van der Waals surface area (Å²) in [6, 6.07) is 11.2. The van der Waals surface area contributed by atoms with Crippen molar-refractivity contribution in [2.75, 3.05) is 4.72 Å². The molecule has 5 aromatic rings.